The van der Waals surface area contributed by atoms with Crippen LogP contribution < -0.4 is 5.73 Å². The van der Waals surface area contributed by atoms with Crippen LogP contribution in [-0.2, 0) is 6.54 Å². The molecule has 0 aliphatic rings. The monoisotopic (exact) mass is 264 g/mol. The van der Waals surface area contributed by atoms with E-state index in [2.05, 4.69) is 37.9 Å². The molecule has 0 saturated carbocycles. The van der Waals surface area contributed by atoms with Gasteiger partial charge >= 0.3 is 0 Å². The summed E-state index contributed by atoms with van der Waals surface area (Å²) >= 11 is 5.01. The fraction of sp³-hybridized carbons (Fsp3) is 0.533. The first kappa shape index (κ1) is 15.1. The number of nitrogens with zero attached hydrogens (tertiary/aromatic N) is 1. The van der Waals surface area contributed by atoms with Crippen LogP contribution >= 0.6 is 12.2 Å². The highest BCUT2D eigenvalue weighted by molar-refractivity contribution is 7.80. The molecule has 2 N–H and O–H groups in total. The van der Waals surface area contributed by atoms with E-state index < -0.39 is 0 Å². The Hall–Kier alpha value is -0.930. The first-order valence-electron chi connectivity index (χ1n) is 6.64. The Bertz CT molecular complexity index is 386. The summed E-state index contributed by atoms with van der Waals surface area (Å²) in [6.45, 7) is 6.61. The van der Waals surface area contributed by atoms with Crippen LogP contribution in [0, 0.1) is 5.92 Å². The van der Waals surface area contributed by atoms with Crippen LogP contribution in [-0.4, -0.2) is 23.5 Å². The van der Waals surface area contributed by atoms with Gasteiger partial charge in [0.2, 0.25) is 0 Å². The Morgan fingerprint density at radius 3 is 2.56 bits per heavy atom. The molecule has 0 aliphatic carbocycles. The summed E-state index contributed by atoms with van der Waals surface area (Å²) in [5, 5.41) is 0. The van der Waals surface area contributed by atoms with Crippen LogP contribution in [0.15, 0.2) is 24.3 Å². The predicted molar refractivity (Wildman–Crippen MR) is 82.7 cm³/mol. The molecular weight excluding hydrogens is 240 g/mol. The second-order valence-electron chi connectivity index (χ2n) is 4.94. The lowest BCUT2D eigenvalue weighted by atomic mass is 10.0. The normalized spacial score (nSPS) is 11.2. The molecule has 0 saturated heterocycles. The minimum absolute atomic E-state index is 0.472. The third kappa shape index (κ3) is 4.75. The van der Waals surface area contributed by atoms with Gasteiger partial charge in [0.15, 0.2) is 0 Å². The van der Waals surface area contributed by atoms with E-state index >= 15 is 0 Å². The van der Waals surface area contributed by atoms with Gasteiger partial charge in [0, 0.05) is 18.7 Å². The Kier molecular flexibility index (Phi) is 6.30. The van der Waals surface area contributed by atoms with Gasteiger partial charge in [0.1, 0.15) is 4.99 Å². The van der Waals surface area contributed by atoms with Crippen molar-refractivity contribution in [2.45, 2.75) is 33.2 Å². The summed E-state index contributed by atoms with van der Waals surface area (Å²) in [5.41, 5.74) is 7.88. The second-order valence-corrected chi connectivity index (χ2v) is 5.38. The van der Waals surface area contributed by atoms with Crippen LogP contribution in [0.25, 0.3) is 0 Å². The van der Waals surface area contributed by atoms with Crippen molar-refractivity contribution in [2.75, 3.05) is 13.6 Å². The van der Waals surface area contributed by atoms with Gasteiger partial charge < -0.3 is 10.6 Å². The van der Waals surface area contributed by atoms with Crippen molar-refractivity contribution in [3.05, 3.63) is 35.4 Å². The van der Waals surface area contributed by atoms with Crippen molar-refractivity contribution in [1.82, 2.24) is 4.90 Å². The van der Waals surface area contributed by atoms with E-state index in [0.717, 1.165) is 24.6 Å². The van der Waals surface area contributed by atoms with E-state index in [1.54, 1.807) is 0 Å². The largest absolute Gasteiger partial charge is 0.389 e. The highest BCUT2D eigenvalue weighted by atomic mass is 32.1. The quantitative estimate of drug-likeness (QED) is 0.767. The molecule has 0 radical (unpaired) electrons. The van der Waals surface area contributed by atoms with Gasteiger partial charge in [-0.15, -0.1) is 0 Å². The fourth-order valence-corrected chi connectivity index (χ4v) is 2.31. The lowest BCUT2D eigenvalue weighted by Crippen LogP contribution is -2.25. The van der Waals surface area contributed by atoms with Crippen molar-refractivity contribution in [3.8, 4) is 0 Å². The molecule has 2 nitrogen and oxygen atoms in total. The first-order valence-corrected chi connectivity index (χ1v) is 7.04. The summed E-state index contributed by atoms with van der Waals surface area (Å²) in [5.74, 6) is 0.786. The molecule has 0 unspecified atom stereocenters. The van der Waals surface area contributed by atoms with Gasteiger partial charge in [-0.3, -0.25) is 0 Å². The summed E-state index contributed by atoms with van der Waals surface area (Å²) in [7, 11) is 2.17. The van der Waals surface area contributed by atoms with E-state index in [4.69, 9.17) is 18.0 Å². The molecular formula is C15H24N2S. The molecule has 0 atom stereocenters. The second kappa shape index (κ2) is 7.49. The number of nitrogens with two attached hydrogens (primary N) is 1. The lowest BCUT2D eigenvalue weighted by Gasteiger charge is -2.22. The van der Waals surface area contributed by atoms with Crippen molar-refractivity contribution < 1.29 is 0 Å². The number of hydrogen-bond donors (Lipinski definition) is 1. The van der Waals surface area contributed by atoms with Crippen LogP contribution in [0.1, 0.15) is 37.8 Å². The standard InChI is InChI=1S/C15H24N2S/c1-4-12(5-2)10-17(3)11-13-7-6-8-14(9-13)15(16)18/h6-9,12H,4-5,10-11H2,1-3H3,(H2,16,18). The highest BCUT2D eigenvalue weighted by Crippen LogP contribution is 2.12. The van der Waals surface area contributed by atoms with E-state index in [1.165, 1.54) is 18.4 Å². The van der Waals surface area contributed by atoms with Crippen LogP contribution in [0.3, 0.4) is 0 Å². The maximum absolute atomic E-state index is 5.66. The van der Waals surface area contributed by atoms with E-state index in [9.17, 15) is 0 Å². The third-order valence-electron chi connectivity index (χ3n) is 3.39. The molecule has 0 amide bonds. The Labute approximate surface area is 116 Å². The molecule has 3 heteroatoms. The SMILES string of the molecule is CCC(CC)CN(C)Cc1cccc(C(N)=S)c1. The molecule has 0 fully saturated rings. The van der Waals surface area contributed by atoms with Crippen LogP contribution in [0.2, 0.25) is 0 Å². The molecule has 1 aromatic carbocycles. The zero-order valence-corrected chi connectivity index (χ0v) is 12.5. The van der Waals surface area contributed by atoms with Gasteiger partial charge in [-0.1, -0.05) is 57.1 Å². The van der Waals surface area contributed by atoms with E-state index in [0.29, 0.717) is 4.99 Å². The van der Waals surface area contributed by atoms with Crippen molar-refractivity contribution in [2.24, 2.45) is 11.7 Å². The zero-order valence-electron chi connectivity index (χ0n) is 11.6. The van der Waals surface area contributed by atoms with Crippen molar-refractivity contribution in [3.63, 3.8) is 0 Å². The molecule has 0 spiro atoms. The van der Waals surface area contributed by atoms with Crippen molar-refractivity contribution >= 4 is 17.2 Å². The zero-order chi connectivity index (χ0) is 13.5. The smallest absolute Gasteiger partial charge is 0.103 e. The molecule has 1 aromatic rings. The average Bonchev–Trinajstić information content (AvgIpc) is 2.36. The van der Waals surface area contributed by atoms with Gasteiger partial charge in [-0.05, 0) is 24.6 Å². The summed E-state index contributed by atoms with van der Waals surface area (Å²) in [6, 6.07) is 8.21. The summed E-state index contributed by atoms with van der Waals surface area (Å²) in [4.78, 5) is 2.84. The summed E-state index contributed by atoms with van der Waals surface area (Å²) in [6.07, 6.45) is 2.49. The number of benzene rings is 1. The molecule has 1 rings (SSSR count). The fourth-order valence-electron chi connectivity index (χ4n) is 2.19. The van der Waals surface area contributed by atoms with Gasteiger partial charge in [0.25, 0.3) is 0 Å². The number of hydrogen-bond acceptors (Lipinski definition) is 2. The minimum atomic E-state index is 0.472. The topological polar surface area (TPSA) is 29.3 Å². The Morgan fingerprint density at radius 1 is 1.33 bits per heavy atom. The molecule has 0 aliphatic heterocycles. The molecule has 0 bridgehead atoms. The van der Waals surface area contributed by atoms with Crippen molar-refractivity contribution in [1.29, 1.82) is 0 Å². The Balaban J connectivity index is 2.61. The van der Waals surface area contributed by atoms with Gasteiger partial charge in [0.05, 0.1) is 0 Å². The van der Waals surface area contributed by atoms with E-state index in [-0.39, 0.29) is 0 Å². The van der Waals surface area contributed by atoms with Crippen LogP contribution in [0.5, 0.6) is 0 Å². The average molecular weight is 264 g/mol. The maximum atomic E-state index is 5.66. The Morgan fingerprint density at radius 2 is 2.00 bits per heavy atom. The highest BCUT2D eigenvalue weighted by Gasteiger charge is 2.08. The van der Waals surface area contributed by atoms with Gasteiger partial charge in [-0.25, -0.2) is 0 Å². The molecule has 0 heterocycles. The molecule has 18 heavy (non-hydrogen) atoms. The van der Waals surface area contributed by atoms with Crippen LogP contribution in [0.4, 0.5) is 0 Å². The number of rotatable bonds is 7. The maximum Gasteiger partial charge on any atom is 0.103 e. The number of thiocarbonyl (C=S) groups is 1. The third-order valence-corrected chi connectivity index (χ3v) is 3.62. The molecule has 100 valence electrons. The predicted octanol–water partition coefficient (Wildman–Crippen LogP) is 3.19. The first-order chi connectivity index (χ1) is 8.56. The molecule has 0 aromatic heterocycles. The summed E-state index contributed by atoms with van der Waals surface area (Å²) < 4.78 is 0. The minimum Gasteiger partial charge on any atom is -0.389 e. The van der Waals surface area contributed by atoms with E-state index in [1.807, 2.05) is 12.1 Å². The van der Waals surface area contributed by atoms with Gasteiger partial charge in [-0.2, -0.15) is 0 Å². The lowest BCUT2D eigenvalue weighted by molar-refractivity contribution is 0.260.